The molecule has 132 valence electrons. The van der Waals surface area contributed by atoms with Crippen molar-refractivity contribution in [3.05, 3.63) is 65.5 Å². The highest BCUT2D eigenvalue weighted by molar-refractivity contribution is 6.01. The summed E-state index contributed by atoms with van der Waals surface area (Å²) in [6, 6.07) is 14.7. The molecular weight excluding hydrogens is 344 g/mol. The van der Waals surface area contributed by atoms with Gasteiger partial charge in [-0.2, -0.15) is 5.26 Å². The summed E-state index contributed by atoms with van der Waals surface area (Å²) < 4.78 is 10.6. The number of hydrogen-bond acceptors (Lipinski definition) is 6. The van der Waals surface area contributed by atoms with Crippen molar-refractivity contribution in [3.8, 4) is 17.6 Å². The maximum absolute atomic E-state index is 12.3. The summed E-state index contributed by atoms with van der Waals surface area (Å²) in [6.07, 6.45) is 2.96. The van der Waals surface area contributed by atoms with Crippen LogP contribution in [0.1, 0.15) is 11.3 Å². The molecule has 0 saturated heterocycles. The summed E-state index contributed by atoms with van der Waals surface area (Å²) in [7, 11) is 0. The highest BCUT2D eigenvalue weighted by Gasteiger charge is 2.14. The number of hydrogen-bond donors (Lipinski definition) is 1. The van der Waals surface area contributed by atoms with E-state index in [4.69, 9.17) is 9.47 Å². The number of nitriles is 1. The Kier molecular flexibility index (Phi) is 4.37. The van der Waals surface area contributed by atoms with E-state index in [0.717, 1.165) is 11.1 Å². The average Bonchev–Trinajstić information content (AvgIpc) is 3.18. The standard InChI is InChI=1S/C20H14N4O3/c21-9-14(8-15-11-22-16-3-1-2-4-17(16)24-15)20(25)23-10-13-5-6-18-19(7-13)27-12-26-18/h1-8,11H,10,12H2,(H,23,25)/b14-8-. The van der Waals surface area contributed by atoms with Crippen LogP contribution in [0.3, 0.4) is 0 Å². The molecule has 0 unspecified atom stereocenters. The smallest absolute Gasteiger partial charge is 0.262 e. The number of fused-ring (bicyclic) bond motifs is 2. The van der Waals surface area contributed by atoms with Gasteiger partial charge in [0.2, 0.25) is 6.79 Å². The first-order chi connectivity index (χ1) is 13.2. The first kappa shape index (κ1) is 16.5. The lowest BCUT2D eigenvalue weighted by Gasteiger charge is -2.06. The summed E-state index contributed by atoms with van der Waals surface area (Å²) in [4.78, 5) is 21.0. The Morgan fingerprint density at radius 2 is 2.00 bits per heavy atom. The fourth-order valence-corrected chi connectivity index (χ4v) is 2.67. The lowest BCUT2D eigenvalue weighted by molar-refractivity contribution is -0.117. The number of nitrogens with one attached hydrogen (secondary N) is 1. The minimum atomic E-state index is -0.481. The van der Waals surface area contributed by atoms with E-state index in [0.29, 0.717) is 22.7 Å². The van der Waals surface area contributed by atoms with Crippen LogP contribution in [-0.2, 0) is 11.3 Å². The second kappa shape index (κ2) is 7.14. The Hall–Kier alpha value is -3.92. The van der Waals surface area contributed by atoms with E-state index in [1.54, 1.807) is 12.1 Å². The highest BCUT2D eigenvalue weighted by atomic mass is 16.7. The van der Waals surface area contributed by atoms with Gasteiger partial charge < -0.3 is 14.8 Å². The number of aromatic nitrogens is 2. The highest BCUT2D eigenvalue weighted by Crippen LogP contribution is 2.32. The zero-order chi connectivity index (χ0) is 18.6. The number of nitrogens with zero attached hydrogens (tertiary/aromatic N) is 3. The van der Waals surface area contributed by atoms with Crippen LogP contribution in [0.25, 0.3) is 17.1 Å². The van der Waals surface area contributed by atoms with E-state index in [9.17, 15) is 10.1 Å². The van der Waals surface area contributed by atoms with Crippen LogP contribution in [0.2, 0.25) is 0 Å². The third-order valence-electron chi connectivity index (χ3n) is 4.01. The monoisotopic (exact) mass is 358 g/mol. The molecular formula is C20H14N4O3. The number of para-hydroxylation sites is 2. The van der Waals surface area contributed by atoms with Crippen molar-refractivity contribution in [3.63, 3.8) is 0 Å². The molecule has 4 rings (SSSR count). The number of rotatable bonds is 4. The van der Waals surface area contributed by atoms with Crippen LogP contribution >= 0.6 is 0 Å². The van der Waals surface area contributed by atoms with Crippen molar-refractivity contribution in [1.82, 2.24) is 15.3 Å². The van der Waals surface area contributed by atoms with Gasteiger partial charge >= 0.3 is 0 Å². The minimum absolute atomic E-state index is 0.0414. The maximum Gasteiger partial charge on any atom is 0.262 e. The van der Waals surface area contributed by atoms with Crippen LogP contribution in [-0.4, -0.2) is 22.7 Å². The van der Waals surface area contributed by atoms with Gasteiger partial charge in [0.15, 0.2) is 11.5 Å². The largest absolute Gasteiger partial charge is 0.454 e. The van der Waals surface area contributed by atoms with E-state index in [-0.39, 0.29) is 18.9 Å². The SMILES string of the molecule is N#C/C(=C/c1cnc2ccccc2n1)C(=O)NCc1ccc2c(c1)OCO2. The number of carbonyl (C=O) groups is 1. The summed E-state index contributed by atoms with van der Waals surface area (Å²) in [6.45, 7) is 0.456. The summed E-state index contributed by atoms with van der Waals surface area (Å²) >= 11 is 0. The molecule has 0 aliphatic carbocycles. The van der Waals surface area contributed by atoms with Gasteiger partial charge in [0.05, 0.1) is 22.9 Å². The lowest BCUT2D eigenvalue weighted by Crippen LogP contribution is -2.24. The van der Waals surface area contributed by atoms with Crippen molar-refractivity contribution >= 4 is 23.0 Å². The molecule has 0 saturated carbocycles. The molecule has 7 nitrogen and oxygen atoms in total. The summed E-state index contributed by atoms with van der Waals surface area (Å²) in [5, 5.41) is 12.1. The molecule has 0 spiro atoms. The number of amides is 1. The van der Waals surface area contributed by atoms with Gasteiger partial charge in [-0.1, -0.05) is 18.2 Å². The van der Waals surface area contributed by atoms with Crippen LogP contribution in [0.15, 0.2) is 54.2 Å². The molecule has 2 aromatic carbocycles. The van der Waals surface area contributed by atoms with Crippen LogP contribution in [0.5, 0.6) is 11.5 Å². The van der Waals surface area contributed by atoms with Gasteiger partial charge in [-0.25, -0.2) is 4.98 Å². The maximum atomic E-state index is 12.3. The molecule has 0 atom stereocenters. The van der Waals surface area contributed by atoms with Crippen molar-refractivity contribution in [1.29, 1.82) is 5.26 Å². The summed E-state index contributed by atoms with van der Waals surface area (Å²) in [5.41, 5.74) is 2.70. The van der Waals surface area contributed by atoms with Gasteiger partial charge in [-0.05, 0) is 35.9 Å². The van der Waals surface area contributed by atoms with Gasteiger partial charge in [0, 0.05) is 6.54 Å². The van der Waals surface area contributed by atoms with E-state index in [1.807, 2.05) is 36.4 Å². The molecule has 1 aliphatic heterocycles. The predicted molar refractivity (Wildman–Crippen MR) is 97.5 cm³/mol. The number of carbonyl (C=O) groups excluding carboxylic acids is 1. The second-order valence-electron chi connectivity index (χ2n) is 5.82. The van der Waals surface area contributed by atoms with Crippen LogP contribution in [0.4, 0.5) is 0 Å². The molecule has 1 N–H and O–H groups in total. The van der Waals surface area contributed by atoms with Crippen LogP contribution in [0, 0.1) is 11.3 Å². The zero-order valence-corrected chi connectivity index (χ0v) is 14.2. The fourth-order valence-electron chi connectivity index (χ4n) is 2.67. The molecule has 0 fully saturated rings. The van der Waals surface area contributed by atoms with Crippen molar-refractivity contribution < 1.29 is 14.3 Å². The van der Waals surface area contributed by atoms with E-state index in [1.165, 1.54) is 12.3 Å². The Morgan fingerprint density at radius 1 is 1.19 bits per heavy atom. The predicted octanol–water partition coefficient (Wildman–Crippen LogP) is 2.58. The zero-order valence-electron chi connectivity index (χ0n) is 14.2. The van der Waals surface area contributed by atoms with E-state index in [2.05, 4.69) is 15.3 Å². The van der Waals surface area contributed by atoms with Gasteiger partial charge in [0.25, 0.3) is 5.91 Å². The quantitative estimate of drug-likeness (QED) is 0.569. The van der Waals surface area contributed by atoms with E-state index < -0.39 is 5.91 Å². The molecule has 7 heteroatoms. The fraction of sp³-hybridized carbons (Fsp3) is 0.100. The molecule has 1 amide bonds. The van der Waals surface area contributed by atoms with Crippen molar-refractivity contribution in [2.45, 2.75) is 6.54 Å². The van der Waals surface area contributed by atoms with Gasteiger partial charge in [0.1, 0.15) is 11.6 Å². The van der Waals surface area contributed by atoms with Crippen LogP contribution < -0.4 is 14.8 Å². The first-order valence-electron chi connectivity index (χ1n) is 8.23. The van der Waals surface area contributed by atoms with Gasteiger partial charge in [-0.3, -0.25) is 9.78 Å². The number of ether oxygens (including phenoxy) is 2. The second-order valence-corrected chi connectivity index (χ2v) is 5.82. The Morgan fingerprint density at radius 3 is 2.85 bits per heavy atom. The topological polar surface area (TPSA) is 97.1 Å². The third kappa shape index (κ3) is 3.55. The molecule has 2 heterocycles. The lowest BCUT2D eigenvalue weighted by atomic mass is 10.2. The van der Waals surface area contributed by atoms with Crippen molar-refractivity contribution in [2.75, 3.05) is 6.79 Å². The molecule has 0 bridgehead atoms. The van der Waals surface area contributed by atoms with Crippen molar-refractivity contribution in [2.24, 2.45) is 0 Å². The molecule has 27 heavy (non-hydrogen) atoms. The third-order valence-corrected chi connectivity index (χ3v) is 4.01. The Balaban J connectivity index is 1.48. The first-order valence-corrected chi connectivity index (χ1v) is 8.23. The number of benzene rings is 2. The summed E-state index contributed by atoms with van der Waals surface area (Å²) in [5.74, 6) is 0.840. The average molecular weight is 358 g/mol. The normalized spacial score (nSPS) is 12.6. The Bertz CT molecular complexity index is 1100. The molecule has 3 aromatic rings. The molecule has 1 aliphatic rings. The Labute approximate surface area is 154 Å². The molecule has 0 radical (unpaired) electrons. The minimum Gasteiger partial charge on any atom is -0.454 e. The molecule has 1 aromatic heterocycles. The van der Waals surface area contributed by atoms with Gasteiger partial charge in [-0.15, -0.1) is 0 Å². The van der Waals surface area contributed by atoms with E-state index >= 15 is 0 Å².